The number of nitro benzene ring substituents is 1. The summed E-state index contributed by atoms with van der Waals surface area (Å²) in [6.07, 6.45) is 2.93. The van der Waals surface area contributed by atoms with E-state index in [1.807, 2.05) is 6.07 Å². The van der Waals surface area contributed by atoms with E-state index >= 15 is 0 Å². The minimum Gasteiger partial charge on any atom is -0.495 e. The van der Waals surface area contributed by atoms with Crippen LogP contribution in [0.2, 0.25) is 0 Å². The number of nitrogens with zero attached hydrogens (tertiary/aromatic N) is 2. The number of nitriles is 1. The SMILES string of the molecule is C=CCOc1ccc(Br)cc1/C=C(\C#N)C(=O)Nc1cc([N+](=O)[O-])ccc1OC. The van der Waals surface area contributed by atoms with Gasteiger partial charge in [-0.3, -0.25) is 14.9 Å². The number of carbonyl (C=O) groups is 1. The minimum absolute atomic E-state index is 0.0743. The molecule has 0 aliphatic rings. The Kier molecular flexibility index (Phi) is 7.51. The molecule has 0 aliphatic carbocycles. The first kappa shape index (κ1) is 21.7. The molecule has 0 unspecified atom stereocenters. The first-order valence-electron chi connectivity index (χ1n) is 8.18. The lowest BCUT2D eigenvalue weighted by atomic mass is 10.1. The molecule has 0 aliphatic heterocycles. The second-order valence-electron chi connectivity index (χ2n) is 5.55. The van der Waals surface area contributed by atoms with Crippen LogP contribution in [0.15, 0.2) is 59.1 Å². The van der Waals surface area contributed by atoms with Gasteiger partial charge in [0.1, 0.15) is 29.7 Å². The molecule has 0 bridgehead atoms. The normalized spacial score (nSPS) is 10.6. The number of halogens is 1. The zero-order valence-corrected chi connectivity index (χ0v) is 16.9. The van der Waals surface area contributed by atoms with Crippen LogP contribution in [0.4, 0.5) is 11.4 Å². The zero-order valence-electron chi connectivity index (χ0n) is 15.3. The summed E-state index contributed by atoms with van der Waals surface area (Å²) in [5.74, 6) is -0.0683. The van der Waals surface area contributed by atoms with E-state index in [4.69, 9.17) is 9.47 Å². The summed E-state index contributed by atoms with van der Waals surface area (Å²) in [7, 11) is 1.36. The lowest BCUT2D eigenvalue weighted by Gasteiger charge is -2.11. The van der Waals surface area contributed by atoms with Crippen molar-refractivity contribution in [3.63, 3.8) is 0 Å². The molecule has 0 heterocycles. The van der Waals surface area contributed by atoms with Gasteiger partial charge in [0.15, 0.2) is 0 Å². The van der Waals surface area contributed by atoms with Crippen molar-refractivity contribution in [3.8, 4) is 17.6 Å². The molecule has 0 saturated heterocycles. The zero-order chi connectivity index (χ0) is 21.4. The van der Waals surface area contributed by atoms with Gasteiger partial charge < -0.3 is 14.8 Å². The number of nitrogens with one attached hydrogen (secondary N) is 1. The highest BCUT2D eigenvalue weighted by molar-refractivity contribution is 9.10. The van der Waals surface area contributed by atoms with E-state index < -0.39 is 10.8 Å². The average Bonchev–Trinajstić information content (AvgIpc) is 2.71. The Labute approximate surface area is 175 Å². The van der Waals surface area contributed by atoms with E-state index in [0.29, 0.717) is 11.3 Å². The highest BCUT2D eigenvalue weighted by Gasteiger charge is 2.17. The molecular weight excluding hydrogens is 442 g/mol. The summed E-state index contributed by atoms with van der Waals surface area (Å²) in [6.45, 7) is 3.84. The van der Waals surface area contributed by atoms with Crippen LogP contribution in [0.25, 0.3) is 6.08 Å². The number of methoxy groups -OCH3 is 1. The number of hydrogen-bond acceptors (Lipinski definition) is 6. The molecule has 148 valence electrons. The van der Waals surface area contributed by atoms with E-state index in [9.17, 15) is 20.2 Å². The standard InChI is InChI=1S/C20H16BrN3O5/c1-3-8-29-18-6-4-15(21)10-13(18)9-14(12-22)20(25)23-17-11-16(24(26)27)5-7-19(17)28-2/h3-7,9-11H,1,8H2,2H3,(H,23,25)/b14-9+. The van der Waals surface area contributed by atoms with Gasteiger partial charge in [0, 0.05) is 22.2 Å². The molecule has 0 radical (unpaired) electrons. The molecular formula is C20H16BrN3O5. The Balaban J connectivity index is 2.38. The molecule has 0 spiro atoms. The van der Waals surface area contributed by atoms with Gasteiger partial charge in [-0.15, -0.1) is 0 Å². The van der Waals surface area contributed by atoms with Gasteiger partial charge in [-0.05, 0) is 30.3 Å². The first-order valence-corrected chi connectivity index (χ1v) is 8.97. The molecule has 0 fully saturated rings. The van der Waals surface area contributed by atoms with E-state index in [-0.39, 0.29) is 29.3 Å². The van der Waals surface area contributed by atoms with Crippen molar-refractivity contribution in [3.05, 3.63) is 74.8 Å². The van der Waals surface area contributed by atoms with Crippen molar-refractivity contribution in [1.82, 2.24) is 0 Å². The van der Waals surface area contributed by atoms with E-state index in [2.05, 4.69) is 27.8 Å². The summed E-state index contributed by atoms with van der Waals surface area (Å²) in [6, 6.07) is 10.7. The molecule has 0 saturated carbocycles. The number of rotatable bonds is 8. The molecule has 2 aromatic rings. The maximum Gasteiger partial charge on any atom is 0.271 e. The van der Waals surface area contributed by atoms with Crippen molar-refractivity contribution in [2.45, 2.75) is 0 Å². The maximum atomic E-state index is 12.6. The van der Waals surface area contributed by atoms with Gasteiger partial charge in [0.25, 0.3) is 11.6 Å². The smallest absolute Gasteiger partial charge is 0.271 e. The van der Waals surface area contributed by atoms with Crippen LogP contribution in [-0.4, -0.2) is 24.5 Å². The average molecular weight is 458 g/mol. The predicted octanol–water partition coefficient (Wildman–Crippen LogP) is 4.48. The van der Waals surface area contributed by atoms with Crippen molar-refractivity contribution in [2.24, 2.45) is 0 Å². The van der Waals surface area contributed by atoms with Crippen LogP contribution in [0.1, 0.15) is 5.56 Å². The predicted molar refractivity (Wildman–Crippen MR) is 112 cm³/mol. The van der Waals surface area contributed by atoms with E-state index in [0.717, 1.165) is 10.5 Å². The molecule has 1 amide bonds. The molecule has 1 N–H and O–H groups in total. The molecule has 8 nitrogen and oxygen atoms in total. The summed E-state index contributed by atoms with van der Waals surface area (Å²) >= 11 is 3.34. The Morgan fingerprint density at radius 3 is 2.69 bits per heavy atom. The third-order valence-electron chi connectivity index (χ3n) is 3.64. The number of amides is 1. The molecule has 29 heavy (non-hydrogen) atoms. The Morgan fingerprint density at radius 1 is 1.34 bits per heavy atom. The monoisotopic (exact) mass is 457 g/mol. The Morgan fingerprint density at radius 2 is 2.07 bits per heavy atom. The highest BCUT2D eigenvalue weighted by Crippen LogP contribution is 2.30. The van der Waals surface area contributed by atoms with E-state index in [1.54, 1.807) is 24.3 Å². The van der Waals surface area contributed by atoms with Crippen LogP contribution in [0.3, 0.4) is 0 Å². The van der Waals surface area contributed by atoms with Crippen LogP contribution in [-0.2, 0) is 4.79 Å². The number of ether oxygens (including phenoxy) is 2. The van der Waals surface area contributed by atoms with Gasteiger partial charge >= 0.3 is 0 Å². The fourth-order valence-corrected chi connectivity index (χ4v) is 2.69. The van der Waals surface area contributed by atoms with E-state index in [1.165, 1.54) is 25.3 Å². The van der Waals surface area contributed by atoms with Gasteiger partial charge in [-0.25, -0.2) is 0 Å². The first-order chi connectivity index (χ1) is 13.9. The van der Waals surface area contributed by atoms with Crippen molar-refractivity contribution in [1.29, 1.82) is 5.26 Å². The third-order valence-corrected chi connectivity index (χ3v) is 4.13. The number of hydrogen-bond donors (Lipinski definition) is 1. The summed E-state index contributed by atoms with van der Waals surface area (Å²) < 4.78 is 11.4. The van der Waals surface area contributed by atoms with Crippen molar-refractivity contribution in [2.75, 3.05) is 19.0 Å². The number of non-ortho nitro benzene ring substituents is 1. The van der Waals surface area contributed by atoms with Crippen molar-refractivity contribution >= 4 is 39.3 Å². The number of benzene rings is 2. The largest absolute Gasteiger partial charge is 0.495 e. The fourth-order valence-electron chi connectivity index (χ4n) is 2.31. The van der Waals surface area contributed by atoms with Gasteiger partial charge in [-0.1, -0.05) is 28.6 Å². The fraction of sp³-hybridized carbons (Fsp3) is 0.100. The molecule has 0 atom stereocenters. The van der Waals surface area contributed by atoms with Crippen LogP contribution in [0.5, 0.6) is 11.5 Å². The summed E-state index contributed by atoms with van der Waals surface area (Å²) in [5.41, 5.74) is 0.125. The second-order valence-corrected chi connectivity index (χ2v) is 6.46. The Bertz CT molecular complexity index is 1030. The number of anilines is 1. The highest BCUT2D eigenvalue weighted by atomic mass is 79.9. The molecule has 2 aromatic carbocycles. The Hall–Kier alpha value is -3.64. The second kappa shape index (κ2) is 10.1. The number of nitro groups is 1. The van der Waals surface area contributed by atoms with Crippen molar-refractivity contribution < 1.29 is 19.2 Å². The third kappa shape index (κ3) is 5.67. The molecule has 9 heteroatoms. The summed E-state index contributed by atoms with van der Waals surface area (Å²) in [5, 5.41) is 22.9. The van der Waals surface area contributed by atoms with Gasteiger partial charge in [-0.2, -0.15) is 5.26 Å². The topological polar surface area (TPSA) is 114 Å². The lowest BCUT2D eigenvalue weighted by Crippen LogP contribution is -2.14. The summed E-state index contributed by atoms with van der Waals surface area (Å²) in [4.78, 5) is 23.0. The van der Waals surface area contributed by atoms with Gasteiger partial charge in [0.2, 0.25) is 0 Å². The number of carbonyl (C=O) groups excluding carboxylic acids is 1. The molecule has 2 rings (SSSR count). The molecule has 0 aromatic heterocycles. The van der Waals surface area contributed by atoms with Gasteiger partial charge in [0.05, 0.1) is 17.7 Å². The minimum atomic E-state index is -0.749. The van der Waals surface area contributed by atoms with Crippen LogP contribution >= 0.6 is 15.9 Å². The van der Waals surface area contributed by atoms with Crippen LogP contribution in [0, 0.1) is 21.4 Å². The van der Waals surface area contributed by atoms with Crippen LogP contribution < -0.4 is 14.8 Å². The maximum absolute atomic E-state index is 12.6. The lowest BCUT2D eigenvalue weighted by molar-refractivity contribution is -0.384. The quantitative estimate of drug-likeness (QED) is 0.205.